The predicted octanol–water partition coefficient (Wildman–Crippen LogP) is 2.55. The van der Waals surface area contributed by atoms with E-state index in [-0.39, 0.29) is 4.87 Å². The van der Waals surface area contributed by atoms with Crippen molar-refractivity contribution in [2.45, 2.75) is 23.1 Å². The lowest BCUT2D eigenvalue weighted by atomic mass is 10.1. The van der Waals surface area contributed by atoms with Crippen LogP contribution in [0.1, 0.15) is 12.8 Å². The van der Waals surface area contributed by atoms with Crippen molar-refractivity contribution in [1.82, 2.24) is 0 Å². The average molecular weight is 163 g/mol. The predicted molar refractivity (Wildman–Crippen MR) is 40.1 cm³/mol. The van der Waals surface area contributed by atoms with E-state index in [9.17, 15) is 0 Å². The Morgan fingerprint density at radius 2 is 2.22 bits per heavy atom. The molecule has 0 nitrogen and oxygen atoms in total. The molecule has 50 valence electrons. The van der Waals surface area contributed by atoms with Crippen LogP contribution >= 0.6 is 23.2 Å². The minimum atomic E-state index is -0.0584. The summed E-state index contributed by atoms with van der Waals surface area (Å²) in [5.41, 5.74) is 0. The van der Waals surface area contributed by atoms with Crippen molar-refractivity contribution in [2.24, 2.45) is 5.92 Å². The molecule has 9 heavy (non-hydrogen) atoms. The van der Waals surface area contributed by atoms with Gasteiger partial charge in [0.1, 0.15) is 0 Å². The first-order valence-corrected chi connectivity index (χ1v) is 4.03. The molecule has 2 rings (SSSR count). The topological polar surface area (TPSA) is 0 Å². The van der Waals surface area contributed by atoms with Gasteiger partial charge in [0.25, 0.3) is 0 Å². The molecule has 2 bridgehead atoms. The second kappa shape index (κ2) is 1.67. The van der Waals surface area contributed by atoms with Crippen LogP contribution in [0.5, 0.6) is 0 Å². The van der Waals surface area contributed by atoms with E-state index in [0.29, 0.717) is 11.3 Å². The molecule has 0 aromatic rings. The molecule has 0 saturated heterocycles. The molecule has 0 heterocycles. The Kier molecular flexibility index (Phi) is 1.13. The Labute approximate surface area is 64.8 Å². The van der Waals surface area contributed by atoms with Gasteiger partial charge in [-0.05, 0) is 18.8 Å². The third-order valence-electron chi connectivity index (χ3n) is 2.22. The Hall–Kier alpha value is 0.320. The zero-order chi connectivity index (χ0) is 6.48. The van der Waals surface area contributed by atoms with Crippen molar-refractivity contribution in [3.05, 3.63) is 12.2 Å². The Bertz CT molecular complexity index is 164. The van der Waals surface area contributed by atoms with Crippen LogP contribution in [-0.2, 0) is 0 Å². The fourth-order valence-corrected chi connectivity index (χ4v) is 2.64. The number of rotatable bonds is 0. The summed E-state index contributed by atoms with van der Waals surface area (Å²) in [6.07, 6.45) is 6.26. The summed E-state index contributed by atoms with van der Waals surface area (Å²) in [6, 6.07) is 0. The molecule has 1 saturated carbocycles. The van der Waals surface area contributed by atoms with E-state index < -0.39 is 0 Å². The van der Waals surface area contributed by atoms with Gasteiger partial charge in [-0.3, -0.25) is 0 Å². The van der Waals surface area contributed by atoms with E-state index in [2.05, 4.69) is 12.2 Å². The van der Waals surface area contributed by atoms with Gasteiger partial charge in [0.05, 0.1) is 4.87 Å². The van der Waals surface area contributed by atoms with Crippen LogP contribution in [0, 0.1) is 5.92 Å². The standard InChI is InChI=1S/C7H8Cl2/c8-6-4-7(9)2-1-5(6)3-7/h1-2,5-6H,3-4H2. The van der Waals surface area contributed by atoms with E-state index >= 15 is 0 Å². The van der Waals surface area contributed by atoms with Crippen LogP contribution < -0.4 is 0 Å². The lowest BCUT2D eigenvalue weighted by Crippen LogP contribution is -2.13. The van der Waals surface area contributed by atoms with Crippen molar-refractivity contribution in [3.63, 3.8) is 0 Å². The van der Waals surface area contributed by atoms with Crippen LogP contribution in [0.15, 0.2) is 12.2 Å². The molecule has 2 aliphatic carbocycles. The smallest absolute Gasteiger partial charge is 0.0646 e. The molecular formula is C7H8Cl2. The van der Waals surface area contributed by atoms with Crippen molar-refractivity contribution < 1.29 is 0 Å². The van der Waals surface area contributed by atoms with E-state index in [4.69, 9.17) is 23.2 Å². The van der Waals surface area contributed by atoms with Gasteiger partial charge in [0.2, 0.25) is 0 Å². The SMILES string of the molecule is ClC1CC2(Cl)C=CC1C2. The van der Waals surface area contributed by atoms with Crippen LogP contribution in [0.4, 0.5) is 0 Å². The van der Waals surface area contributed by atoms with Gasteiger partial charge in [-0.2, -0.15) is 0 Å². The Morgan fingerprint density at radius 3 is 2.44 bits per heavy atom. The highest BCUT2D eigenvalue weighted by atomic mass is 35.5. The summed E-state index contributed by atoms with van der Waals surface area (Å²) < 4.78 is 0. The summed E-state index contributed by atoms with van der Waals surface area (Å²) in [7, 11) is 0. The molecule has 1 fully saturated rings. The van der Waals surface area contributed by atoms with Crippen LogP contribution in [0.2, 0.25) is 0 Å². The molecule has 0 aromatic carbocycles. The third-order valence-corrected chi connectivity index (χ3v) is 3.13. The minimum absolute atomic E-state index is 0.0584. The second-order valence-corrected chi connectivity index (χ2v) is 4.30. The van der Waals surface area contributed by atoms with Gasteiger partial charge in [0, 0.05) is 5.38 Å². The maximum Gasteiger partial charge on any atom is 0.0646 e. The van der Waals surface area contributed by atoms with Crippen molar-refractivity contribution in [2.75, 3.05) is 0 Å². The molecule has 3 unspecified atom stereocenters. The highest BCUT2D eigenvalue weighted by molar-refractivity contribution is 6.28. The van der Waals surface area contributed by atoms with Crippen molar-refractivity contribution in [1.29, 1.82) is 0 Å². The van der Waals surface area contributed by atoms with Crippen molar-refractivity contribution in [3.8, 4) is 0 Å². The van der Waals surface area contributed by atoms with Crippen molar-refractivity contribution >= 4 is 23.2 Å². The largest absolute Gasteiger partial charge is 0.122 e. The summed E-state index contributed by atoms with van der Waals surface area (Å²) in [5.74, 6) is 0.559. The molecule has 0 aromatic heterocycles. The van der Waals surface area contributed by atoms with Gasteiger partial charge in [-0.15, -0.1) is 23.2 Å². The van der Waals surface area contributed by atoms with Gasteiger partial charge < -0.3 is 0 Å². The lowest BCUT2D eigenvalue weighted by Gasteiger charge is -2.14. The average Bonchev–Trinajstić information content (AvgIpc) is 2.20. The Balaban J connectivity index is 2.30. The second-order valence-electron chi connectivity index (χ2n) is 2.98. The van der Waals surface area contributed by atoms with Gasteiger partial charge in [-0.1, -0.05) is 12.2 Å². The number of fused-ring (bicyclic) bond motifs is 2. The van der Waals surface area contributed by atoms with E-state index in [1.54, 1.807) is 0 Å². The number of hydrogen-bond donors (Lipinski definition) is 0. The zero-order valence-electron chi connectivity index (χ0n) is 4.98. The van der Waals surface area contributed by atoms with Gasteiger partial charge in [-0.25, -0.2) is 0 Å². The fourth-order valence-electron chi connectivity index (χ4n) is 1.70. The van der Waals surface area contributed by atoms with Gasteiger partial charge >= 0.3 is 0 Å². The first-order valence-electron chi connectivity index (χ1n) is 3.22. The number of allylic oxidation sites excluding steroid dienone is 2. The monoisotopic (exact) mass is 162 g/mol. The summed E-state index contributed by atoms with van der Waals surface area (Å²) in [6.45, 7) is 0. The molecule has 2 aliphatic rings. The maximum absolute atomic E-state index is 6.12. The minimum Gasteiger partial charge on any atom is -0.122 e. The highest BCUT2D eigenvalue weighted by Crippen LogP contribution is 2.48. The fraction of sp³-hybridized carbons (Fsp3) is 0.714. The Morgan fingerprint density at radius 1 is 1.44 bits per heavy atom. The van der Waals surface area contributed by atoms with Gasteiger partial charge in [0.15, 0.2) is 0 Å². The quantitative estimate of drug-likeness (QED) is 0.380. The summed E-state index contributed by atoms with van der Waals surface area (Å²) >= 11 is 12.1. The van der Waals surface area contributed by atoms with Crippen LogP contribution in [-0.4, -0.2) is 10.3 Å². The zero-order valence-corrected chi connectivity index (χ0v) is 6.49. The molecule has 0 aliphatic heterocycles. The summed E-state index contributed by atoms with van der Waals surface area (Å²) in [4.78, 5) is -0.0584. The third kappa shape index (κ3) is 0.805. The van der Waals surface area contributed by atoms with Crippen LogP contribution in [0.25, 0.3) is 0 Å². The molecule has 0 spiro atoms. The highest BCUT2D eigenvalue weighted by Gasteiger charge is 2.44. The molecular weight excluding hydrogens is 155 g/mol. The first-order chi connectivity index (χ1) is 4.20. The molecule has 0 N–H and O–H groups in total. The molecule has 2 heteroatoms. The molecule has 0 amide bonds. The van der Waals surface area contributed by atoms with Crippen LogP contribution in [0.3, 0.4) is 0 Å². The lowest BCUT2D eigenvalue weighted by molar-refractivity contribution is 0.707. The first kappa shape index (κ1) is 6.06. The van der Waals surface area contributed by atoms with E-state index in [1.165, 1.54) is 0 Å². The summed E-state index contributed by atoms with van der Waals surface area (Å²) in [5, 5.41) is 0.299. The number of halogens is 2. The molecule has 3 atom stereocenters. The number of alkyl halides is 2. The molecule has 0 radical (unpaired) electrons. The normalized spacial score (nSPS) is 54.9. The van der Waals surface area contributed by atoms with E-state index in [1.807, 2.05) is 0 Å². The maximum atomic E-state index is 6.12. The number of hydrogen-bond acceptors (Lipinski definition) is 0. The van der Waals surface area contributed by atoms with E-state index in [0.717, 1.165) is 12.8 Å².